The van der Waals surface area contributed by atoms with E-state index in [4.69, 9.17) is 16.3 Å². The molecule has 0 spiro atoms. The average Bonchev–Trinajstić information content (AvgIpc) is 2.35. The van der Waals surface area contributed by atoms with E-state index in [9.17, 15) is 9.59 Å². The molecular formula is C13H14ClN3O3. The molecule has 0 saturated carbocycles. The first-order chi connectivity index (χ1) is 9.61. The van der Waals surface area contributed by atoms with Crippen LogP contribution in [0, 0.1) is 5.92 Å². The predicted molar refractivity (Wildman–Crippen MR) is 75.2 cm³/mol. The predicted octanol–water partition coefficient (Wildman–Crippen LogP) is 1.22. The van der Waals surface area contributed by atoms with Crippen molar-refractivity contribution in [2.45, 2.75) is 6.42 Å². The number of hydrogen-bond donors (Lipinski definition) is 3. The first-order valence-corrected chi connectivity index (χ1v) is 6.76. The van der Waals surface area contributed by atoms with Crippen molar-refractivity contribution in [3.8, 4) is 5.75 Å². The van der Waals surface area contributed by atoms with Gasteiger partial charge in [-0.05, 0) is 25.1 Å². The van der Waals surface area contributed by atoms with Crippen molar-refractivity contribution in [1.29, 1.82) is 0 Å². The van der Waals surface area contributed by atoms with Gasteiger partial charge in [0.2, 0.25) is 5.91 Å². The Hall–Kier alpha value is -1.79. The minimum Gasteiger partial charge on any atom is -0.482 e. The summed E-state index contributed by atoms with van der Waals surface area (Å²) in [6.45, 7) is 1.72. The molecular weight excluding hydrogens is 282 g/mol. The van der Waals surface area contributed by atoms with E-state index in [1.165, 1.54) is 0 Å². The molecule has 1 aromatic rings. The summed E-state index contributed by atoms with van der Waals surface area (Å²) >= 11 is 6.10. The highest BCUT2D eigenvalue weighted by Gasteiger charge is 2.22. The van der Waals surface area contributed by atoms with Crippen LogP contribution in [-0.4, -0.2) is 31.5 Å². The molecule has 2 aliphatic rings. The van der Waals surface area contributed by atoms with Gasteiger partial charge in [0.05, 0.1) is 16.4 Å². The summed E-state index contributed by atoms with van der Waals surface area (Å²) in [6.07, 6.45) is 0.470. The standard InChI is InChI=1S/C13H14ClN3O3/c14-8-2-10-11(20-6-13(19)17-10)3-9(8)16-12(18)1-7-4-15-5-7/h2-3,7,15H,1,4-6H2,(H,16,18)(H,17,19). The second kappa shape index (κ2) is 5.30. The number of hydrogen-bond acceptors (Lipinski definition) is 4. The zero-order valence-electron chi connectivity index (χ0n) is 10.7. The fraction of sp³-hybridized carbons (Fsp3) is 0.385. The highest BCUT2D eigenvalue weighted by Crippen LogP contribution is 2.36. The fourth-order valence-corrected chi connectivity index (χ4v) is 2.36. The summed E-state index contributed by atoms with van der Waals surface area (Å²) in [5, 5.41) is 8.93. The summed E-state index contributed by atoms with van der Waals surface area (Å²) in [5.41, 5.74) is 1.02. The largest absolute Gasteiger partial charge is 0.482 e. The molecule has 1 aromatic carbocycles. The molecule has 0 unspecified atom stereocenters. The maximum atomic E-state index is 11.9. The molecule has 2 aliphatic heterocycles. The van der Waals surface area contributed by atoms with Crippen LogP contribution in [0.15, 0.2) is 12.1 Å². The van der Waals surface area contributed by atoms with Crippen LogP contribution >= 0.6 is 11.6 Å². The van der Waals surface area contributed by atoms with Crippen molar-refractivity contribution in [3.63, 3.8) is 0 Å². The Labute approximate surface area is 120 Å². The second-order valence-electron chi connectivity index (χ2n) is 4.94. The van der Waals surface area contributed by atoms with Crippen molar-refractivity contribution in [2.24, 2.45) is 5.92 Å². The number of anilines is 2. The maximum absolute atomic E-state index is 11.9. The third-order valence-corrected chi connectivity index (χ3v) is 3.63. The van der Waals surface area contributed by atoms with E-state index in [0.29, 0.717) is 34.5 Å². The number of amides is 2. The molecule has 1 saturated heterocycles. The molecule has 2 amide bonds. The zero-order chi connectivity index (χ0) is 14.1. The summed E-state index contributed by atoms with van der Waals surface area (Å²) in [5.74, 6) is 0.609. The Kier molecular flexibility index (Phi) is 3.50. The van der Waals surface area contributed by atoms with Crippen molar-refractivity contribution in [2.75, 3.05) is 30.3 Å². The number of carbonyl (C=O) groups is 2. The zero-order valence-corrected chi connectivity index (χ0v) is 11.4. The topological polar surface area (TPSA) is 79.5 Å². The van der Waals surface area contributed by atoms with E-state index in [0.717, 1.165) is 13.1 Å². The molecule has 3 rings (SSSR count). The van der Waals surface area contributed by atoms with Gasteiger partial charge in [-0.3, -0.25) is 9.59 Å². The molecule has 0 aliphatic carbocycles. The van der Waals surface area contributed by atoms with Gasteiger partial charge in [0, 0.05) is 12.5 Å². The summed E-state index contributed by atoms with van der Waals surface area (Å²) in [6, 6.07) is 3.21. The van der Waals surface area contributed by atoms with E-state index in [1.54, 1.807) is 12.1 Å². The number of fused-ring (bicyclic) bond motifs is 1. The molecule has 0 bridgehead atoms. The van der Waals surface area contributed by atoms with E-state index in [2.05, 4.69) is 16.0 Å². The van der Waals surface area contributed by atoms with Gasteiger partial charge in [-0.1, -0.05) is 11.6 Å². The van der Waals surface area contributed by atoms with Crippen molar-refractivity contribution >= 4 is 34.8 Å². The van der Waals surface area contributed by atoms with E-state index < -0.39 is 0 Å². The van der Waals surface area contributed by atoms with Gasteiger partial charge >= 0.3 is 0 Å². The minimum atomic E-state index is -0.220. The lowest BCUT2D eigenvalue weighted by molar-refractivity contribution is -0.119. The van der Waals surface area contributed by atoms with Gasteiger partial charge in [-0.2, -0.15) is 0 Å². The van der Waals surface area contributed by atoms with Gasteiger partial charge in [0.25, 0.3) is 5.91 Å². The van der Waals surface area contributed by atoms with Crippen LogP contribution in [0.3, 0.4) is 0 Å². The number of benzene rings is 1. The van der Waals surface area contributed by atoms with Gasteiger partial charge in [-0.25, -0.2) is 0 Å². The molecule has 106 valence electrons. The van der Waals surface area contributed by atoms with Gasteiger partial charge in [0.1, 0.15) is 5.75 Å². The normalized spacial score (nSPS) is 17.6. The number of rotatable bonds is 3. The Morgan fingerprint density at radius 3 is 2.95 bits per heavy atom. The third-order valence-electron chi connectivity index (χ3n) is 3.32. The van der Waals surface area contributed by atoms with Gasteiger partial charge < -0.3 is 20.7 Å². The lowest BCUT2D eigenvalue weighted by atomic mass is 9.99. The Morgan fingerprint density at radius 2 is 2.25 bits per heavy atom. The van der Waals surface area contributed by atoms with Crippen molar-refractivity contribution < 1.29 is 14.3 Å². The molecule has 20 heavy (non-hydrogen) atoms. The van der Waals surface area contributed by atoms with Crippen LogP contribution in [-0.2, 0) is 9.59 Å². The quantitative estimate of drug-likeness (QED) is 0.783. The lowest BCUT2D eigenvalue weighted by Crippen LogP contribution is -2.43. The SMILES string of the molecule is O=C(CC1CNC1)Nc1cc2c(cc1Cl)NC(=O)CO2. The lowest BCUT2D eigenvalue weighted by Gasteiger charge is -2.26. The molecule has 0 atom stereocenters. The van der Waals surface area contributed by atoms with Crippen LogP contribution in [0.5, 0.6) is 5.75 Å². The summed E-state index contributed by atoms with van der Waals surface area (Å²) < 4.78 is 5.29. The van der Waals surface area contributed by atoms with Crippen LogP contribution in [0.4, 0.5) is 11.4 Å². The molecule has 3 N–H and O–H groups in total. The van der Waals surface area contributed by atoms with E-state index >= 15 is 0 Å². The van der Waals surface area contributed by atoms with E-state index in [1.807, 2.05) is 0 Å². The first-order valence-electron chi connectivity index (χ1n) is 6.38. The molecule has 2 heterocycles. The first kappa shape index (κ1) is 13.2. The average molecular weight is 296 g/mol. The molecule has 0 aromatic heterocycles. The highest BCUT2D eigenvalue weighted by molar-refractivity contribution is 6.34. The number of halogens is 1. The molecule has 7 heteroatoms. The van der Waals surface area contributed by atoms with Crippen LogP contribution in [0.2, 0.25) is 5.02 Å². The number of nitrogens with one attached hydrogen (secondary N) is 3. The minimum absolute atomic E-state index is 0.0320. The number of carbonyl (C=O) groups excluding carboxylic acids is 2. The van der Waals surface area contributed by atoms with Gasteiger partial charge in [-0.15, -0.1) is 0 Å². The Balaban J connectivity index is 1.72. The summed E-state index contributed by atoms with van der Waals surface area (Å²) in [4.78, 5) is 23.1. The van der Waals surface area contributed by atoms with E-state index in [-0.39, 0.29) is 18.4 Å². The fourth-order valence-electron chi connectivity index (χ4n) is 2.15. The summed E-state index contributed by atoms with van der Waals surface area (Å²) in [7, 11) is 0. The monoisotopic (exact) mass is 295 g/mol. The Morgan fingerprint density at radius 1 is 1.45 bits per heavy atom. The van der Waals surface area contributed by atoms with Crippen LogP contribution in [0.25, 0.3) is 0 Å². The second-order valence-corrected chi connectivity index (χ2v) is 5.35. The van der Waals surface area contributed by atoms with Crippen molar-refractivity contribution in [3.05, 3.63) is 17.2 Å². The smallest absolute Gasteiger partial charge is 0.262 e. The van der Waals surface area contributed by atoms with Crippen LogP contribution in [0.1, 0.15) is 6.42 Å². The molecule has 6 nitrogen and oxygen atoms in total. The van der Waals surface area contributed by atoms with Crippen molar-refractivity contribution in [1.82, 2.24) is 5.32 Å². The molecule has 0 radical (unpaired) electrons. The third kappa shape index (κ3) is 2.71. The molecule has 1 fully saturated rings. The number of ether oxygens (including phenoxy) is 1. The Bertz CT molecular complexity index is 572. The van der Waals surface area contributed by atoms with Crippen LogP contribution < -0.4 is 20.7 Å². The highest BCUT2D eigenvalue weighted by atomic mass is 35.5. The van der Waals surface area contributed by atoms with Gasteiger partial charge in [0.15, 0.2) is 6.61 Å². The maximum Gasteiger partial charge on any atom is 0.262 e.